The van der Waals surface area contributed by atoms with Gasteiger partial charge in [0, 0.05) is 13.7 Å². The van der Waals surface area contributed by atoms with Crippen LogP contribution in [0.15, 0.2) is 0 Å². The van der Waals surface area contributed by atoms with Crippen molar-refractivity contribution in [3.63, 3.8) is 0 Å². The van der Waals surface area contributed by atoms with E-state index in [9.17, 15) is 0 Å². The van der Waals surface area contributed by atoms with Gasteiger partial charge < -0.3 is 10.1 Å². The van der Waals surface area contributed by atoms with E-state index < -0.39 is 0 Å². The lowest BCUT2D eigenvalue weighted by molar-refractivity contribution is 0.159. The zero-order valence-corrected chi connectivity index (χ0v) is 5.90. The molecule has 0 rings (SSSR count). The molecule has 1 N–H and O–H groups in total. The van der Waals surface area contributed by atoms with E-state index in [2.05, 4.69) is 12.2 Å². The highest BCUT2D eigenvalue weighted by molar-refractivity contribution is 4.50. The molecular weight excluding hydrogens is 102 g/mol. The molecule has 0 aromatic heterocycles. The van der Waals surface area contributed by atoms with Crippen molar-refractivity contribution in [3.8, 4) is 0 Å². The van der Waals surface area contributed by atoms with Gasteiger partial charge in [0.15, 0.2) is 0 Å². The highest BCUT2D eigenvalue weighted by Gasteiger charge is 1.96. The maximum absolute atomic E-state index is 4.92. The van der Waals surface area contributed by atoms with Crippen LogP contribution in [0.3, 0.4) is 0 Å². The fraction of sp³-hybridized carbons (Fsp3) is 1.00. The van der Waals surface area contributed by atoms with Gasteiger partial charge in [0.25, 0.3) is 0 Å². The summed E-state index contributed by atoms with van der Waals surface area (Å²) < 4.78 is 4.92. The van der Waals surface area contributed by atoms with Crippen molar-refractivity contribution in [2.24, 2.45) is 5.92 Å². The van der Waals surface area contributed by atoms with E-state index in [-0.39, 0.29) is 0 Å². The van der Waals surface area contributed by atoms with Gasteiger partial charge in [-0.1, -0.05) is 6.92 Å². The van der Waals surface area contributed by atoms with E-state index >= 15 is 0 Å². The van der Waals surface area contributed by atoms with Crippen molar-refractivity contribution in [2.45, 2.75) is 6.92 Å². The Labute approximate surface area is 51.2 Å². The first-order valence-electron chi connectivity index (χ1n) is 2.94. The van der Waals surface area contributed by atoms with Gasteiger partial charge in [0.05, 0.1) is 0 Å². The Morgan fingerprint density at radius 2 is 2.25 bits per heavy atom. The first-order chi connectivity index (χ1) is 3.81. The van der Waals surface area contributed by atoms with Crippen molar-refractivity contribution >= 4 is 0 Å². The van der Waals surface area contributed by atoms with Crippen molar-refractivity contribution in [1.29, 1.82) is 0 Å². The van der Waals surface area contributed by atoms with E-state index in [1.807, 2.05) is 7.05 Å². The van der Waals surface area contributed by atoms with Crippen LogP contribution in [0, 0.1) is 5.92 Å². The van der Waals surface area contributed by atoms with Crippen LogP contribution in [-0.4, -0.2) is 27.3 Å². The molecule has 0 bridgehead atoms. The van der Waals surface area contributed by atoms with Gasteiger partial charge in [-0.15, -0.1) is 0 Å². The SMILES string of the molecule is CNCC(C)COC. The Morgan fingerprint density at radius 3 is 2.62 bits per heavy atom. The molecule has 0 radical (unpaired) electrons. The molecule has 0 aromatic carbocycles. The largest absolute Gasteiger partial charge is 0.384 e. The molecule has 1 atom stereocenters. The first-order valence-corrected chi connectivity index (χ1v) is 2.94. The van der Waals surface area contributed by atoms with E-state index in [0.717, 1.165) is 13.2 Å². The molecule has 0 amide bonds. The third-order valence-electron chi connectivity index (χ3n) is 1.00. The minimum Gasteiger partial charge on any atom is -0.384 e. The van der Waals surface area contributed by atoms with Crippen LogP contribution in [0.2, 0.25) is 0 Å². The monoisotopic (exact) mass is 117 g/mol. The molecule has 0 fully saturated rings. The van der Waals surface area contributed by atoms with E-state index in [1.165, 1.54) is 0 Å². The molecular formula is C6H15NO. The van der Waals surface area contributed by atoms with Crippen LogP contribution in [-0.2, 0) is 4.74 Å². The molecule has 0 aliphatic rings. The van der Waals surface area contributed by atoms with Crippen LogP contribution in [0.5, 0.6) is 0 Å². The number of rotatable bonds is 4. The van der Waals surface area contributed by atoms with Crippen molar-refractivity contribution < 1.29 is 4.74 Å². The van der Waals surface area contributed by atoms with Crippen molar-refractivity contribution in [2.75, 3.05) is 27.3 Å². The molecule has 2 heteroatoms. The Kier molecular flexibility index (Phi) is 5.01. The third-order valence-corrected chi connectivity index (χ3v) is 1.00. The zero-order chi connectivity index (χ0) is 6.41. The van der Waals surface area contributed by atoms with Crippen LogP contribution >= 0.6 is 0 Å². The lowest BCUT2D eigenvalue weighted by Gasteiger charge is -2.07. The van der Waals surface area contributed by atoms with Gasteiger partial charge in [0.2, 0.25) is 0 Å². The number of methoxy groups -OCH3 is 1. The molecule has 0 aliphatic heterocycles. The molecule has 0 spiro atoms. The quantitative estimate of drug-likeness (QED) is 0.578. The van der Waals surface area contributed by atoms with Gasteiger partial charge in [-0.05, 0) is 19.5 Å². The standard InChI is InChI=1S/C6H15NO/c1-6(4-7-2)5-8-3/h6-7H,4-5H2,1-3H3. The molecule has 8 heavy (non-hydrogen) atoms. The predicted molar refractivity (Wildman–Crippen MR) is 35.0 cm³/mol. The minimum absolute atomic E-state index is 0.630. The second-order valence-electron chi connectivity index (χ2n) is 2.12. The highest BCUT2D eigenvalue weighted by Crippen LogP contribution is 1.89. The van der Waals surface area contributed by atoms with Gasteiger partial charge >= 0.3 is 0 Å². The Bertz CT molecular complexity index is 41.8. The molecule has 0 saturated carbocycles. The summed E-state index contributed by atoms with van der Waals surface area (Å²) in [6.45, 7) is 4.04. The second kappa shape index (κ2) is 5.06. The fourth-order valence-corrected chi connectivity index (χ4v) is 0.692. The summed E-state index contributed by atoms with van der Waals surface area (Å²) in [5, 5.41) is 3.07. The number of hydrogen-bond donors (Lipinski definition) is 1. The molecule has 0 aromatic rings. The number of ether oxygens (including phenoxy) is 1. The molecule has 1 unspecified atom stereocenters. The van der Waals surface area contributed by atoms with Crippen LogP contribution in [0.1, 0.15) is 6.92 Å². The van der Waals surface area contributed by atoms with Crippen molar-refractivity contribution in [1.82, 2.24) is 5.32 Å². The Morgan fingerprint density at radius 1 is 1.62 bits per heavy atom. The average Bonchev–Trinajstić information content (AvgIpc) is 1.68. The summed E-state index contributed by atoms with van der Waals surface area (Å²) in [6, 6.07) is 0. The smallest absolute Gasteiger partial charge is 0.0499 e. The molecule has 0 saturated heterocycles. The topological polar surface area (TPSA) is 21.3 Å². The predicted octanol–water partition coefficient (Wildman–Crippen LogP) is 0.488. The number of hydrogen-bond acceptors (Lipinski definition) is 2. The Balaban J connectivity index is 2.92. The summed E-state index contributed by atoms with van der Waals surface area (Å²) in [4.78, 5) is 0. The van der Waals surface area contributed by atoms with Crippen molar-refractivity contribution in [3.05, 3.63) is 0 Å². The van der Waals surface area contributed by atoms with Crippen LogP contribution in [0.4, 0.5) is 0 Å². The maximum atomic E-state index is 4.92. The van der Waals surface area contributed by atoms with E-state index in [1.54, 1.807) is 7.11 Å². The first kappa shape index (κ1) is 7.92. The zero-order valence-electron chi connectivity index (χ0n) is 5.90. The lowest BCUT2D eigenvalue weighted by atomic mass is 10.2. The van der Waals surface area contributed by atoms with Gasteiger partial charge in [-0.3, -0.25) is 0 Å². The van der Waals surface area contributed by atoms with Gasteiger partial charge in [0.1, 0.15) is 0 Å². The van der Waals surface area contributed by atoms with Crippen LogP contribution < -0.4 is 5.32 Å². The fourth-order valence-electron chi connectivity index (χ4n) is 0.692. The Hall–Kier alpha value is -0.0800. The summed E-state index contributed by atoms with van der Waals surface area (Å²) in [5.41, 5.74) is 0. The number of nitrogens with one attached hydrogen (secondary N) is 1. The van der Waals surface area contributed by atoms with E-state index in [4.69, 9.17) is 4.74 Å². The molecule has 50 valence electrons. The summed E-state index contributed by atoms with van der Waals surface area (Å²) >= 11 is 0. The normalized spacial score (nSPS) is 13.9. The highest BCUT2D eigenvalue weighted by atomic mass is 16.5. The summed E-state index contributed by atoms with van der Waals surface area (Å²) in [5.74, 6) is 0.630. The summed E-state index contributed by atoms with van der Waals surface area (Å²) in [7, 11) is 3.68. The average molecular weight is 117 g/mol. The molecule has 2 nitrogen and oxygen atoms in total. The molecule has 0 aliphatic carbocycles. The van der Waals surface area contributed by atoms with Gasteiger partial charge in [-0.2, -0.15) is 0 Å². The lowest BCUT2D eigenvalue weighted by Crippen LogP contribution is -2.19. The maximum Gasteiger partial charge on any atom is 0.0499 e. The third kappa shape index (κ3) is 4.09. The van der Waals surface area contributed by atoms with E-state index in [0.29, 0.717) is 5.92 Å². The minimum atomic E-state index is 0.630. The van der Waals surface area contributed by atoms with Gasteiger partial charge in [-0.25, -0.2) is 0 Å². The second-order valence-corrected chi connectivity index (χ2v) is 2.12. The summed E-state index contributed by atoms with van der Waals surface area (Å²) in [6.07, 6.45) is 0. The molecule has 0 heterocycles. The van der Waals surface area contributed by atoms with Crippen LogP contribution in [0.25, 0.3) is 0 Å².